The molecule has 2 aliphatic rings. The molecule has 0 N–H and O–H groups in total. The van der Waals surface area contributed by atoms with Crippen LogP contribution < -0.4 is 0 Å². The number of pyridine rings is 1. The van der Waals surface area contributed by atoms with Crippen LogP contribution in [0.2, 0.25) is 0 Å². The lowest BCUT2D eigenvalue weighted by Crippen LogP contribution is -2.26. The number of amides is 2. The van der Waals surface area contributed by atoms with Crippen molar-refractivity contribution in [1.29, 1.82) is 0 Å². The lowest BCUT2D eigenvalue weighted by Gasteiger charge is -2.18. The summed E-state index contributed by atoms with van der Waals surface area (Å²) in [5.74, 6) is -1.21. The summed E-state index contributed by atoms with van der Waals surface area (Å²) in [6, 6.07) is 8.37. The van der Waals surface area contributed by atoms with Gasteiger partial charge in [0.05, 0.1) is 11.8 Å². The predicted octanol–water partition coefficient (Wildman–Crippen LogP) is 3.23. The average Bonchev–Trinajstić information content (AvgIpc) is 3.15. The molecule has 1 fully saturated rings. The highest BCUT2D eigenvalue weighted by molar-refractivity contribution is 6.23. The third-order valence-corrected chi connectivity index (χ3v) is 6.05. The molecule has 164 valence electrons. The Hall–Kier alpha value is -4.13. The van der Waals surface area contributed by atoms with E-state index in [0.717, 1.165) is 11.1 Å². The topological polar surface area (TPSA) is 87.2 Å². The average molecular weight is 441 g/mol. The Balaban J connectivity index is 1.54. The summed E-state index contributed by atoms with van der Waals surface area (Å²) in [5, 5.41) is 0. The van der Waals surface area contributed by atoms with Crippen molar-refractivity contribution in [3.63, 3.8) is 0 Å². The fraction of sp³-hybridized carbons (Fsp3) is 0.192. The largest absolute Gasteiger partial charge is 0.677 e. The standard InChI is InChI=1S/C26H23N3O4/c1-16-23(30)10-9-17(24(16)31)12-19-13-22-18(6-4-8-21(22)25(19)32)15-28(2)26(33)29(3)20-7-5-11-27-14-20/h4-8,11-12,14,17H,1-3,9-10,13,15H2/q+2. The van der Waals surface area contributed by atoms with Crippen molar-refractivity contribution < 1.29 is 28.3 Å². The highest BCUT2D eigenvalue weighted by Gasteiger charge is 2.35. The molecule has 4 rings (SSSR count). The smallest absolute Gasteiger partial charge is 0.294 e. The van der Waals surface area contributed by atoms with Crippen LogP contribution in [0.1, 0.15) is 34.3 Å². The number of urea groups is 1. The molecule has 2 amide bonds. The molecule has 2 aromatic rings. The number of Topliss-reactive ketones (excluding diaryl/α,β-unsaturated/α-hetero) is 3. The van der Waals surface area contributed by atoms with Gasteiger partial charge in [-0.2, -0.15) is 4.79 Å². The first-order valence-corrected chi connectivity index (χ1v) is 10.5. The Morgan fingerprint density at radius 3 is 2.67 bits per heavy atom. The zero-order chi connectivity index (χ0) is 23.7. The first kappa shape index (κ1) is 22.1. The van der Waals surface area contributed by atoms with Crippen LogP contribution in [0, 0.1) is 5.92 Å². The number of carbonyl (C=O) groups excluding carboxylic acids is 4. The van der Waals surface area contributed by atoms with Gasteiger partial charge in [0.1, 0.15) is 13.4 Å². The molecular formula is C26H23N3O4+2. The molecule has 7 heteroatoms. The summed E-state index contributed by atoms with van der Waals surface area (Å²) < 4.78 is 2.49. The number of fused-ring (bicyclic) bond motifs is 1. The molecule has 1 saturated carbocycles. The quantitative estimate of drug-likeness (QED) is 0.315. The van der Waals surface area contributed by atoms with E-state index in [1.54, 1.807) is 36.5 Å². The van der Waals surface area contributed by atoms with Gasteiger partial charge in [-0.25, -0.2) is 0 Å². The molecule has 1 aromatic heterocycles. The van der Waals surface area contributed by atoms with E-state index in [1.807, 2.05) is 6.07 Å². The molecule has 33 heavy (non-hydrogen) atoms. The fourth-order valence-corrected chi connectivity index (χ4v) is 4.18. The second-order valence-electron chi connectivity index (χ2n) is 8.17. The highest BCUT2D eigenvalue weighted by atomic mass is 16.2. The van der Waals surface area contributed by atoms with E-state index < -0.39 is 11.9 Å². The molecule has 1 aromatic carbocycles. The van der Waals surface area contributed by atoms with Crippen LogP contribution in [0.15, 0.2) is 66.5 Å². The number of allylic oxidation sites excluding steroid dienone is 3. The summed E-state index contributed by atoms with van der Waals surface area (Å²) >= 11 is 0. The summed E-state index contributed by atoms with van der Waals surface area (Å²) in [7, 11) is 0. The third kappa shape index (κ3) is 4.17. The van der Waals surface area contributed by atoms with Crippen LogP contribution in [0.5, 0.6) is 0 Å². The maximum absolute atomic E-state index is 13.0. The molecule has 7 nitrogen and oxygen atoms in total. The summed E-state index contributed by atoms with van der Waals surface area (Å²) in [5.41, 5.74) is 3.22. The van der Waals surface area contributed by atoms with Gasteiger partial charge in [-0.1, -0.05) is 35.4 Å². The minimum Gasteiger partial charge on any atom is -0.294 e. The number of hydrogen-bond acceptors (Lipinski definition) is 5. The Bertz CT molecular complexity index is 1290. The number of hydrogen-bond donors (Lipinski definition) is 0. The lowest BCUT2D eigenvalue weighted by atomic mass is 9.82. The number of ketones is 3. The zero-order valence-corrected chi connectivity index (χ0v) is 18.1. The van der Waals surface area contributed by atoms with Gasteiger partial charge >= 0.3 is 6.03 Å². The van der Waals surface area contributed by atoms with E-state index in [2.05, 4.69) is 25.0 Å². The van der Waals surface area contributed by atoms with Crippen molar-refractivity contribution in [2.45, 2.75) is 25.8 Å². The molecule has 0 radical (unpaired) electrons. The van der Waals surface area contributed by atoms with Gasteiger partial charge < -0.3 is 0 Å². The number of nitrogens with zero attached hydrogens (tertiary/aromatic N) is 3. The lowest BCUT2D eigenvalue weighted by molar-refractivity contribution is -0.538. The van der Waals surface area contributed by atoms with Gasteiger partial charge in [-0.05, 0) is 18.1 Å². The fourth-order valence-electron chi connectivity index (χ4n) is 4.18. The monoisotopic (exact) mass is 441 g/mol. The zero-order valence-electron chi connectivity index (χ0n) is 18.1. The van der Waals surface area contributed by atoms with Crippen LogP contribution in [0.3, 0.4) is 0 Å². The number of aromatic nitrogens is 1. The van der Waals surface area contributed by atoms with E-state index in [4.69, 9.17) is 0 Å². The number of carbonyl (C=O) groups is 4. The van der Waals surface area contributed by atoms with E-state index >= 15 is 0 Å². The molecule has 0 saturated heterocycles. The van der Waals surface area contributed by atoms with Gasteiger partial charge in [0.2, 0.25) is 5.69 Å². The SMILES string of the molecule is C=C1C(=O)CCC(C=C2Cc3c(C[N+](=C)C(=O)[N+](=C)c4cccnc4)cccc3C2=O)C1=O. The number of rotatable bonds is 4. The van der Waals surface area contributed by atoms with Crippen LogP contribution in [-0.4, -0.2) is 51.0 Å². The Kier molecular flexibility index (Phi) is 5.87. The molecule has 0 aliphatic heterocycles. The normalized spacial score (nSPS) is 19.0. The van der Waals surface area contributed by atoms with Crippen molar-refractivity contribution in [2.24, 2.45) is 5.92 Å². The summed E-state index contributed by atoms with van der Waals surface area (Å²) in [6.07, 6.45) is 5.80. The number of benzene rings is 1. The Morgan fingerprint density at radius 2 is 1.94 bits per heavy atom. The van der Waals surface area contributed by atoms with E-state index in [0.29, 0.717) is 29.7 Å². The highest BCUT2D eigenvalue weighted by Crippen LogP contribution is 2.32. The van der Waals surface area contributed by atoms with Crippen molar-refractivity contribution in [3.8, 4) is 0 Å². The van der Waals surface area contributed by atoms with Crippen molar-refractivity contribution in [3.05, 3.63) is 83.2 Å². The predicted molar refractivity (Wildman–Crippen MR) is 122 cm³/mol. The minimum atomic E-state index is -0.517. The van der Waals surface area contributed by atoms with E-state index in [-0.39, 0.29) is 35.9 Å². The van der Waals surface area contributed by atoms with Crippen molar-refractivity contribution >= 4 is 42.5 Å². The van der Waals surface area contributed by atoms with Gasteiger partial charge in [0.15, 0.2) is 23.9 Å². The van der Waals surface area contributed by atoms with E-state index in [9.17, 15) is 19.2 Å². The summed E-state index contributed by atoms with van der Waals surface area (Å²) in [4.78, 5) is 53.9. The van der Waals surface area contributed by atoms with Crippen LogP contribution >= 0.6 is 0 Å². The molecule has 0 bridgehead atoms. The van der Waals surface area contributed by atoms with Crippen LogP contribution in [-0.2, 0) is 22.6 Å². The molecule has 1 atom stereocenters. The first-order valence-electron chi connectivity index (χ1n) is 10.5. The van der Waals surface area contributed by atoms with Gasteiger partial charge in [-0.15, -0.1) is 4.58 Å². The molecule has 1 heterocycles. The minimum absolute atomic E-state index is 0.00399. The molecule has 0 spiro atoms. The maximum atomic E-state index is 13.0. The molecule has 2 aliphatic carbocycles. The molecule has 1 unspecified atom stereocenters. The maximum Gasteiger partial charge on any atom is 0.677 e. The van der Waals surface area contributed by atoms with Gasteiger partial charge in [0, 0.05) is 47.7 Å². The second-order valence-corrected chi connectivity index (χ2v) is 8.17. The Labute approximate surface area is 191 Å². The molecular weight excluding hydrogens is 418 g/mol. The first-order chi connectivity index (χ1) is 15.8. The third-order valence-electron chi connectivity index (χ3n) is 6.05. The summed E-state index contributed by atoms with van der Waals surface area (Å²) in [6.45, 7) is 11.4. The van der Waals surface area contributed by atoms with E-state index in [1.165, 1.54) is 15.3 Å². The van der Waals surface area contributed by atoms with Crippen LogP contribution in [0.4, 0.5) is 10.5 Å². The second kappa shape index (κ2) is 8.78. The van der Waals surface area contributed by atoms with Crippen molar-refractivity contribution in [1.82, 2.24) is 4.98 Å². The van der Waals surface area contributed by atoms with Crippen LogP contribution in [0.25, 0.3) is 0 Å². The van der Waals surface area contributed by atoms with Gasteiger partial charge in [0.25, 0.3) is 0 Å². The van der Waals surface area contributed by atoms with Gasteiger partial charge in [-0.3, -0.25) is 19.4 Å². The Morgan fingerprint density at radius 1 is 1.15 bits per heavy atom. The van der Waals surface area contributed by atoms with Crippen molar-refractivity contribution in [2.75, 3.05) is 0 Å².